The number of phenolic OH excluding ortho intramolecular Hbond substituents is 1. The summed E-state index contributed by atoms with van der Waals surface area (Å²) in [6, 6.07) is 7.16. The smallest absolute Gasteiger partial charge is 0.182 e. The zero-order chi connectivity index (χ0) is 17.7. The highest BCUT2D eigenvalue weighted by molar-refractivity contribution is 5.66. The van der Waals surface area contributed by atoms with Gasteiger partial charge in [0.15, 0.2) is 5.88 Å². The maximum atomic E-state index is 9.39. The van der Waals surface area contributed by atoms with E-state index in [0.29, 0.717) is 23.3 Å². The molecule has 5 N–H and O–H groups in total. The summed E-state index contributed by atoms with van der Waals surface area (Å²) in [5.41, 5.74) is 8.17. The minimum atomic E-state index is 0.192. The molecular formula is C18H28N4O2. The first-order valence-electron chi connectivity index (χ1n) is 8.21. The highest BCUT2D eigenvalue weighted by Gasteiger charge is 2.21. The van der Waals surface area contributed by atoms with Gasteiger partial charge in [-0.2, -0.15) is 0 Å². The van der Waals surface area contributed by atoms with E-state index in [1.54, 1.807) is 31.3 Å². The third-order valence-corrected chi connectivity index (χ3v) is 4.56. The fraction of sp³-hybridized carbons (Fsp3) is 0.444. The van der Waals surface area contributed by atoms with Crippen LogP contribution in [0.5, 0.6) is 5.75 Å². The molecule has 24 heavy (non-hydrogen) atoms. The van der Waals surface area contributed by atoms with Crippen molar-refractivity contribution in [2.75, 3.05) is 20.7 Å². The molecule has 132 valence electrons. The second kappa shape index (κ2) is 7.97. The van der Waals surface area contributed by atoms with Gasteiger partial charge in [-0.05, 0) is 49.2 Å². The lowest BCUT2D eigenvalue weighted by Gasteiger charge is -2.29. The van der Waals surface area contributed by atoms with Crippen molar-refractivity contribution in [1.82, 2.24) is 9.91 Å². The highest BCUT2D eigenvalue weighted by Crippen LogP contribution is 2.25. The van der Waals surface area contributed by atoms with Crippen LogP contribution in [0.1, 0.15) is 31.2 Å². The van der Waals surface area contributed by atoms with E-state index in [1.165, 1.54) is 30.7 Å². The molecule has 0 amide bonds. The van der Waals surface area contributed by atoms with Crippen LogP contribution in [0, 0.1) is 0 Å². The van der Waals surface area contributed by atoms with Crippen molar-refractivity contribution in [1.29, 1.82) is 0 Å². The molecule has 2 rings (SSSR count). The van der Waals surface area contributed by atoms with Gasteiger partial charge in [-0.3, -0.25) is 0 Å². The van der Waals surface area contributed by atoms with Crippen molar-refractivity contribution >= 4 is 5.70 Å². The Balaban J connectivity index is 2.06. The van der Waals surface area contributed by atoms with Crippen molar-refractivity contribution in [3.05, 3.63) is 48.0 Å². The van der Waals surface area contributed by atoms with Crippen LogP contribution in [0.25, 0.3) is 5.70 Å². The number of hydrogen-bond donors (Lipinski definition) is 3. The fourth-order valence-electron chi connectivity index (χ4n) is 2.93. The third kappa shape index (κ3) is 4.35. The molecule has 0 saturated heterocycles. The molecular weight excluding hydrogens is 304 g/mol. The molecule has 0 radical (unpaired) electrons. The zero-order valence-corrected chi connectivity index (χ0v) is 14.5. The van der Waals surface area contributed by atoms with E-state index in [-0.39, 0.29) is 12.4 Å². The topological polar surface area (TPSA) is 88.0 Å². The molecule has 1 aromatic rings. The summed E-state index contributed by atoms with van der Waals surface area (Å²) < 4.78 is 5.83. The van der Waals surface area contributed by atoms with Crippen LogP contribution in [-0.4, -0.2) is 41.8 Å². The molecule has 1 fully saturated rings. The van der Waals surface area contributed by atoms with Gasteiger partial charge in [0.05, 0.1) is 11.4 Å². The first kappa shape index (κ1) is 18.0. The normalized spacial score (nSPS) is 15.8. The lowest BCUT2D eigenvalue weighted by molar-refractivity contribution is 0.109. The van der Waals surface area contributed by atoms with Crippen molar-refractivity contribution < 1.29 is 9.84 Å². The number of hydrazine groups is 1. The molecule has 1 aliphatic rings. The Kier molecular flexibility index (Phi) is 5.98. The highest BCUT2D eigenvalue weighted by atomic mass is 16.5. The van der Waals surface area contributed by atoms with E-state index in [0.717, 1.165) is 5.56 Å². The third-order valence-electron chi connectivity index (χ3n) is 4.56. The number of hydrogen-bond acceptors (Lipinski definition) is 6. The van der Waals surface area contributed by atoms with E-state index in [2.05, 4.69) is 11.5 Å². The van der Waals surface area contributed by atoms with E-state index in [1.807, 2.05) is 7.05 Å². The van der Waals surface area contributed by atoms with Gasteiger partial charge in [-0.25, -0.2) is 5.84 Å². The molecule has 6 heteroatoms. The maximum absolute atomic E-state index is 9.39. The number of ether oxygens (including phenoxy) is 1. The number of rotatable bonds is 7. The lowest BCUT2D eigenvalue weighted by Crippen LogP contribution is -2.33. The van der Waals surface area contributed by atoms with Crippen molar-refractivity contribution in [3.63, 3.8) is 0 Å². The van der Waals surface area contributed by atoms with Crippen molar-refractivity contribution in [2.24, 2.45) is 11.6 Å². The Morgan fingerprint density at radius 2 is 1.83 bits per heavy atom. The van der Waals surface area contributed by atoms with Crippen molar-refractivity contribution in [2.45, 2.75) is 31.7 Å². The van der Waals surface area contributed by atoms with Gasteiger partial charge in [0, 0.05) is 20.1 Å². The van der Waals surface area contributed by atoms with Crippen LogP contribution in [0.15, 0.2) is 42.4 Å². The largest absolute Gasteiger partial charge is 0.508 e. The standard InChI is InChI=1S/C18H28N4O2/c1-13(21(2)15-6-4-5-7-15)24-12-17(22(3)20)18(19)14-8-10-16(23)11-9-14/h8-11,15,23H,1,4-7,12,19-20H2,2-3H3/b18-17-. The Labute approximate surface area is 144 Å². The summed E-state index contributed by atoms with van der Waals surface area (Å²) >= 11 is 0. The van der Waals surface area contributed by atoms with Gasteiger partial charge < -0.3 is 25.5 Å². The Morgan fingerprint density at radius 3 is 2.38 bits per heavy atom. The summed E-state index contributed by atoms with van der Waals surface area (Å²) in [6.07, 6.45) is 4.86. The number of benzene rings is 1. The second-order valence-electron chi connectivity index (χ2n) is 6.25. The molecule has 0 aliphatic heterocycles. The van der Waals surface area contributed by atoms with Gasteiger partial charge in [0.1, 0.15) is 12.4 Å². The van der Waals surface area contributed by atoms with E-state index < -0.39 is 0 Å². The van der Waals surface area contributed by atoms with Gasteiger partial charge >= 0.3 is 0 Å². The summed E-state index contributed by atoms with van der Waals surface area (Å²) in [6.45, 7) is 4.25. The Bertz CT molecular complexity index is 590. The number of likely N-dealkylation sites (N-methyl/N-ethyl adjacent to an activating group) is 1. The fourth-order valence-corrected chi connectivity index (χ4v) is 2.93. The van der Waals surface area contributed by atoms with Crippen LogP contribution in [0.3, 0.4) is 0 Å². The average molecular weight is 332 g/mol. The van der Waals surface area contributed by atoms with E-state index in [9.17, 15) is 5.11 Å². The van der Waals surface area contributed by atoms with Crippen molar-refractivity contribution in [3.8, 4) is 5.75 Å². The van der Waals surface area contributed by atoms with Crippen LogP contribution >= 0.6 is 0 Å². The lowest BCUT2D eigenvalue weighted by atomic mass is 10.1. The molecule has 1 aliphatic carbocycles. The molecule has 1 saturated carbocycles. The van der Waals surface area contributed by atoms with Gasteiger partial charge in [0.25, 0.3) is 0 Å². The summed E-state index contributed by atoms with van der Waals surface area (Å²) in [4.78, 5) is 2.10. The van der Waals surface area contributed by atoms with Gasteiger partial charge in [-0.15, -0.1) is 0 Å². The molecule has 0 unspecified atom stereocenters. The zero-order valence-electron chi connectivity index (χ0n) is 14.5. The first-order valence-corrected chi connectivity index (χ1v) is 8.21. The predicted octanol–water partition coefficient (Wildman–Crippen LogP) is 2.19. The van der Waals surface area contributed by atoms with E-state index in [4.69, 9.17) is 16.3 Å². The number of nitrogens with zero attached hydrogens (tertiary/aromatic N) is 2. The minimum absolute atomic E-state index is 0.192. The minimum Gasteiger partial charge on any atom is -0.508 e. The van der Waals surface area contributed by atoms with E-state index >= 15 is 0 Å². The summed E-state index contributed by atoms with van der Waals surface area (Å²) in [7, 11) is 3.73. The van der Waals surface area contributed by atoms with Crippen LogP contribution in [0.2, 0.25) is 0 Å². The molecule has 0 aromatic heterocycles. The SMILES string of the molecule is C=C(OC/C(=C(/N)c1ccc(O)cc1)N(C)N)N(C)C1CCCC1. The average Bonchev–Trinajstić information content (AvgIpc) is 3.08. The van der Waals surface area contributed by atoms with Crippen LogP contribution in [0.4, 0.5) is 0 Å². The number of phenols is 1. The first-order chi connectivity index (χ1) is 11.4. The molecule has 0 heterocycles. The Hall–Kier alpha value is -2.34. The Morgan fingerprint density at radius 1 is 1.25 bits per heavy atom. The predicted molar refractivity (Wildman–Crippen MR) is 96.3 cm³/mol. The molecule has 6 nitrogen and oxygen atoms in total. The molecule has 0 spiro atoms. The maximum Gasteiger partial charge on any atom is 0.182 e. The summed E-state index contributed by atoms with van der Waals surface area (Å²) in [5.74, 6) is 6.73. The van der Waals surface area contributed by atoms with Crippen LogP contribution < -0.4 is 11.6 Å². The van der Waals surface area contributed by atoms with Gasteiger partial charge in [-0.1, -0.05) is 12.8 Å². The van der Waals surface area contributed by atoms with Crippen LogP contribution in [-0.2, 0) is 4.74 Å². The monoisotopic (exact) mass is 332 g/mol. The molecule has 0 bridgehead atoms. The number of nitrogens with two attached hydrogens (primary N) is 2. The number of aromatic hydroxyl groups is 1. The molecule has 1 aromatic carbocycles. The van der Waals surface area contributed by atoms with Gasteiger partial charge in [0.2, 0.25) is 0 Å². The summed E-state index contributed by atoms with van der Waals surface area (Å²) in [5, 5.41) is 10.8. The second-order valence-corrected chi connectivity index (χ2v) is 6.25. The molecule has 0 atom stereocenters. The quantitative estimate of drug-likeness (QED) is 0.403.